The number of aromatic nitrogens is 1. The number of amides is 1. The van der Waals surface area contributed by atoms with Crippen LogP contribution in [0.4, 0.5) is 5.00 Å². The molecule has 0 fully saturated rings. The number of aryl methyl sites for hydroxylation is 1. The van der Waals surface area contributed by atoms with Gasteiger partial charge in [-0.1, -0.05) is 30.3 Å². The molecule has 6 nitrogen and oxygen atoms in total. The first-order valence-corrected chi connectivity index (χ1v) is 9.65. The molecule has 2 heterocycles. The van der Waals surface area contributed by atoms with Gasteiger partial charge >= 0.3 is 5.97 Å². The van der Waals surface area contributed by atoms with Gasteiger partial charge in [0.25, 0.3) is 5.91 Å². The lowest BCUT2D eigenvalue weighted by Crippen LogP contribution is -2.21. The molecule has 3 rings (SSSR count). The molecule has 0 saturated carbocycles. The van der Waals surface area contributed by atoms with Crippen LogP contribution in [0.2, 0.25) is 0 Å². The van der Waals surface area contributed by atoms with Crippen molar-refractivity contribution in [3.63, 3.8) is 0 Å². The fourth-order valence-corrected chi connectivity index (χ4v) is 3.51. The Labute approximate surface area is 167 Å². The highest BCUT2D eigenvalue weighted by atomic mass is 32.1. The maximum atomic E-state index is 12.5. The summed E-state index contributed by atoms with van der Waals surface area (Å²) in [6.07, 6.45) is 1.56. The zero-order valence-corrected chi connectivity index (χ0v) is 16.4. The standard InChI is InChI=1S/C21H20N2O4S/c1-3-26-21(25)19-17(15-7-5-4-6-8-15)13-28-20(19)23-18(24)12-27-16-10-9-14(2)22-11-16/h4-11,13H,3,12H2,1-2H3,(H,23,24). The van der Waals surface area contributed by atoms with Crippen molar-refractivity contribution in [2.24, 2.45) is 0 Å². The molecule has 0 aliphatic heterocycles. The van der Waals surface area contributed by atoms with E-state index in [-0.39, 0.29) is 19.1 Å². The molecule has 0 aliphatic carbocycles. The number of nitrogens with one attached hydrogen (secondary N) is 1. The molecule has 0 bridgehead atoms. The van der Waals surface area contributed by atoms with E-state index < -0.39 is 5.97 Å². The molecule has 2 aromatic heterocycles. The van der Waals surface area contributed by atoms with Crippen LogP contribution < -0.4 is 10.1 Å². The molecule has 0 saturated heterocycles. The molecule has 0 aliphatic rings. The van der Waals surface area contributed by atoms with E-state index in [1.165, 1.54) is 11.3 Å². The number of esters is 1. The molecule has 0 radical (unpaired) electrons. The van der Waals surface area contributed by atoms with Crippen LogP contribution in [0.25, 0.3) is 11.1 Å². The van der Waals surface area contributed by atoms with Crippen molar-refractivity contribution >= 4 is 28.2 Å². The summed E-state index contributed by atoms with van der Waals surface area (Å²) in [5.74, 6) is -0.336. The lowest BCUT2D eigenvalue weighted by molar-refractivity contribution is -0.118. The normalized spacial score (nSPS) is 10.4. The van der Waals surface area contributed by atoms with Gasteiger partial charge in [0.1, 0.15) is 16.3 Å². The smallest absolute Gasteiger partial charge is 0.341 e. The van der Waals surface area contributed by atoms with E-state index in [2.05, 4.69) is 10.3 Å². The highest BCUT2D eigenvalue weighted by Crippen LogP contribution is 2.36. The predicted octanol–water partition coefficient (Wildman–Crippen LogP) is 4.31. The number of ether oxygens (including phenoxy) is 2. The molecular formula is C21H20N2O4S. The van der Waals surface area contributed by atoms with Crippen LogP contribution in [0.5, 0.6) is 5.75 Å². The maximum Gasteiger partial charge on any atom is 0.341 e. The van der Waals surface area contributed by atoms with Gasteiger partial charge in [0.05, 0.1) is 12.8 Å². The summed E-state index contributed by atoms with van der Waals surface area (Å²) in [6, 6.07) is 13.1. The van der Waals surface area contributed by atoms with Gasteiger partial charge < -0.3 is 14.8 Å². The van der Waals surface area contributed by atoms with Crippen molar-refractivity contribution in [2.75, 3.05) is 18.5 Å². The number of hydrogen-bond acceptors (Lipinski definition) is 6. The molecule has 7 heteroatoms. The topological polar surface area (TPSA) is 77.5 Å². The van der Waals surface area contributed by atoms with E-state index >= 15 is 0 Å². The van der Waals surface area contributed by atoms with Crippen LogP contribution in [0.15, 0.2) is 54.0 Å². The molecule has 0 spiro atoms. The van der Waals surface area contributed by atoms with Crippen molar-refractivity contribution in [1.29, 1.82) is 0 Å². The number of benzene rings is 1. The van der Waals surface area contributed by atoms with Gasteiger partial charge in [-0.05, 0) is 31.5 Å². The van der Waals surface area contributed by atoms with Crippen LogP contribution in [-0.2, 0) is 9.53 Å². The number of anilines is 1. The Bertz CT molecular complexity index is 952. The van der Waals surface area contributed by atoms with Gasteiger partial charge in [-0.2, -0.15) is 0 Å². The fraction of sp³-hybridized carbons (Fsp3) is 0.190. The second kappa shape index (κ2) is 9.14. The second-order valence-electron chi connectivity index (χ2n) is 5.91. The molecule has 1 amide bonds. The number of rotatable bonds is 7. The van der Waals surface area contributed by atoms with Gasteiger partial charge in [-0.15, -0.1) is 11.3 Å². The Balaban J connectivity index is 1.77. The summed E-state index contributed by atoms with van der Waals surface area (Å²) >= 11 is 1.28. The number of pyridine rings is 1. The molecule has 0 unspecified atom stereocenters. The summed E-state index contributed by atoms with van der Waals surface area (Å²) < 4.78 is 10.6. The molecule has 1 aromatic carbocycles. The van der Waals surface area contributed by atoms with Crippen LogP contribution in [0.3, 0.4) is 0 Å². The monoisotopic (exact) mass is 396 g/mol. The minimum Gasteiger partial charge on any atom is -0.482 e. The van der Waals surface area contributed by atoms with Crippen LogP contribution in [-0.4, -0.2) is 30.1 Å². The number of nitrogens with zero attached hydrogens (tertiary/aromatic N) is 1. The Morgan fingerprint density at radius 3 is 2.61 bits per heavy atom. The maximum absolute atomic E-state index is 12.5. The van der Waals surface area contributed by atoms with Crippen LogP contribution in [0.1, 0.15) is 23.0 Å². The first-order chi connectivity index (χ1) is 13.6. The van der Waals surface area contributed by atoms with Gasteiger partial charge in [0.2, 0.25) is 0 Å². The third kappa shape index (κ3) is 4.75. The largest absolute Gasteiger partial charge is 0.482 e. The number of hydrogen-bond donors (Lipinski definition) is 1. The van der Waals surface area contributed by atoms with Gasteiger partial charge in [-0.25, -0.2) is 4.79 Å². The van der Waals surface area contributed by atoms with E-state index in [0.717, 1.165) is 16.8 Å². The van der Waals surface area contributed by atoms with Crippen molar-refractivity contribution in [3.05, 3.63) is 65.3 Å². The summed E-state index contributed by atoms with van der Waals surface area (Å²) in [6.45, 7) is 3.67. The van der Waals surface area contributed by atoms with E-state index in [9.17, 15) is 9.59 Å². The Morgan fingerprint density at radius 2 is 1.93 bits per heavy atom. The first-order valence-electron chi connectivity index (χ1n) is 8.77. The van der Waals surface area contributed by atoms with Crippen molar-refractivity contribution in [1.82, 2.24) is 4.98 Å². The zero-order valence-electron chi connectivity index (χ0n) is 15.6. The predicted molar refractivity (Wildman–Crippen MR) is 109 cm³/mol. The number of carbonyl (C=O) groups excluding carboxylic acids is 2. The molecule has 3 aromatic rings. The van der Waals surface area contributed by atoms with E-state index in [1.807, 2.05) is 42.6 Å². The third-order valence-corrected chi connectivity index (χ3v) is 4.76. The Kier molecular flexibility index (Phi) is 6.39. The summed E-state index contributed by atoms with van der Waals surface area (Å²) in [5, 5.41) is 5.03. The molecule has 144 valence electrons. The summed E-state index contributed by atoms with van der Waals surface area (Å²) in [5.41, 5.74) is 2.82. The minimum atomic E-state index is -0.471. The first kappa shape index (κ1) is 19.6. The minimum absolute atomic E-state index is 0.189. The number of thiophene rings is 1. The average Bonchev–Trinajstić information content (AvgIpc) is 3.12. The SMILES string of the molecule is CCOC(=O)c1c(-c2ccccc2)csc1NC(=O)COc1ccc(C)nc1. The second-order valence-corrected chi connectivity index (χ2v) is 6.79. The fourth-order valence-electron chi connectivity index (χ4n) is 2.54. The van der Waals surface area contributed by atoms with E-state index in [4.69, 9.17) is 9.47 Å². The van der Waals surface area contributed by atoms with Gasteiger partial charge in [0, 0.05) is 16.6 Å². The zero-order chi connectivity index (χ0) is 19.9. The molecule has 0 atom stereocenters. The van der Waals surface area contributed by atoms with Crippen LogP contribution in [0, 0.1) is 6.92 Å². The quantitative estimate of drug-likeness (QED) is 0.602. The molecular weight excluding hydrogens is 376 g/mol. The molecule has 1 N–H and O–H groups in total. The van der Waals surface area contributed by atoms with Crippen molar-refractivity contribution in [2.45, 2.75) is 13.8 Å². The van der Waals surface area contributed by atoms with Crippen LogP contribution >= 0.6 is 11.3 Å². The summed E-state index contributed by atoms with van der Waals surface area (Å²) in [4.78, 5) is 29.0. The Morgan fingerprint density at radius 1 is 1.14 bits per heavy atom. The highest BCUT2D eigenvalue weighted by molar-refractivity contribution is 7.15. The van der Waals surface area contributed by atoms with E-state index in [0.29, 0.717) is 16.3 Å². The summed E-state index contributed by atoms with van der Waals surface area (Å²) in [7, 11) is 0. The number of carbonyl (C=O) groups is 2. The van der Waals surface area contributed by atoms with E-state index in [1.54, 1.807) is 25.3 Å². The molecule has 28 heavy (non-hydrogen) atoms. The van der Waals surface area contributed by atoms with Gasteiger partial charge in [0.15, 0.2) is 6.61 Å². The van der Waals surface area contributed by atoms with Crippen molar-refractivity contribution in [3.8, 4) is 16.9 Å². The average molecular weight is 396 g/mol. The lowest BCUT2D eigenvalue weighted by atomic mass is 10.0. The van der Waals surface area contributed by atoms with Gasteiger partial charge in [-0.3, -0.25) is 9.78 Å². The lowest BCUT2D eigenvalue weighted by Gasteiger charge is -2.09. The third-order valence-electron chi connectivity index (χ3n) is 3.86. The Hall–Kier alpha value is -3.19. The van der Waals surface area contributed by atoms with Crippen molar-refractivity contribution < 1.29 is 19.1 Å². The highest BCUT2D eigenvalue weighted by Gasteiger charge is 2.22.